The number of aryl methyl sites for hydroxylation is 2. The van der Waals surface area contributed by atoms with Gasteiger partial charge < -0.3 is 4.74 Å². The molecule has 5 rings (SSSR count). The molecule has 0 N–H and O–H groups in total. The van der Waals surface area contributed by atoms with Crippen molar-refractivity contribution in [1.82, 2.24) is 0 Å². The molecule has 0 amide bonds. The molecule has 2 heteroatoms. The minimum Gasteiger partial charge on any atom is -0.425 e. The van der Waals surface area contributed by atoms with Gasteiger partial charge in [0.15, 0.2) is 0 Å². The molecule has 1 spiro atoms. The van der Waals surface area contributed by atoms with Gasteiger partial charge in [-0.1, -0.05) is 60.2 Å². The van der Waals surface area contributed by atoms with Crippen molar-refractivity contribution < 1.29 is 9.53 Å². The Morgan fingerprint density at radius 1 is 1.00 bits per heavy atom. The smallest absolute Gasteiger partial charge is 0.330 e. The molecule has 2 aliphatic rings. The summed E-state index contributed by atoms with van der Waals surface area (Å²) in [6, 6.07) is 16.4. The number of hydrogen-bond acceptors (Lipinski definition) is 2. The van der Waals surface area contributed by atoms with E-state index in [0.717, 1.165) is 27.5 Å². The van der Waals surface area contributed by atoms with E-state index in [9.17, 15) is 4.79 Å². The maximum Gasteiger partial charge on any atom is 0.330 e. The van der Waals surface area contributed by atoms with Gasteiger partial charge in [-0.25, -0.2) is 4.79 Å². The normalized spacial score (nSPS) is 20.5. The Labute approximate surface area is 140 Å². The van der Waals surface area contributed by atoms with Gasteiger partial charge in [-0.15, -0.1) is 0 Å². The average Bonchev–Trinajstić information content (AvgIpc) is 3.09. The number of rotatable bonds is 0. The summed E-state index contributed by atoms with van der Waals surface area (Å²) in [5.41, 5.74) is 4.71. The molecule has 24 heavy (non-hydrogen) atoms. The summed E-state index contributed by atoms with van der Waals surface area (Å²) >= 11 is 0. The van der Waals surface area contributed by atoms with Gasteiger partial charge in [0, 0.05) is 5.56 Å². The highest BCUT2D eigenvalue weighted by atomic mass is 16.5. The molecule has 1 aliphatic carbocycles. The van der Waals surface area contributed by atoms with Crippen LogP contribution in [0.3, 0.4) is 0 Å². The van der Waals surface area contributed by atoms with E-state index in [1.54, 1.807) is 0 Å². The first-order chi connectivity index (χ1) is 11.6. The van der Waals surface area contributed by atoms with E-state index in [0.29, 0.717) is 5.75 Å². The van der Waals surface area contributed by atoms with E-state index in [1.807, 2.05) is 30.3 Å². The molecule has 1 atom stereocenters. The largest absolute Gasteiger partial charge is 0.425 e. The van der Waals surface area contributed by atoms with Crippen LogP contribution in [-0.2, 0) is 10.2 Å². The molecule has 0 radical (unpaired) electrons. The molecule has 0 aromatic heterocycles. The van der Waals surface area contributed by atoms with Gasteiger partial charge in [0.1, 0.15) is 11.2 Å². The van der Waals surface area contributed by atoms with Gasteiger partial charge in [0.25, 0.3) is 0 Å². The molecule has 1 heterocycles. The zero-order chi connectivity index (χ0) is 16.5. The highest BCUT2D eigenvalue weighted by molar-refractivity contribution is 6.07. The van der Waals surface area contributed by atoms with E-state index in [-0.39, 0.29) is 5.97 Å². The fourth-order valence-corrected chi connectivity index (χ4v) is 4.14. The van der Waals surface area contributed by atoms with Crippen molar-refractivity contribution in [2.75, 3.05) is 0 Å². The lowest BCUT2D eigenvalue weighted by atomic mass is 9.75. The van der Waals surface area contributed by atoms with Crippen LogP contribution in [0.4, 0.5) is 0 Å². The first kappa shape index (κ1) is 13.6. The molecule has 0 unspecified atom stereocenters. The van der Waals surface area contributed by atoms with Gasteiger partial charge in [-0.05, 0) is 47.4 Å². The maximum atomic E-state index is 13.0. The van der Waals surface area contributed by atoms with Crippen molar-refractivity contribution >= 4 is 22.8 Å². The van der Waals surface area contributed by atoms with Crippen LogP contribution in [0.25, 0.3) is 16.8 Å². The standard InChI is InChI=1S/C22H16O2/c1-13-6-8-17-15(12-13)7-9-19-20(17)22(21(23)24-19)11-10-16-14(2)4-3-5-18(16)22/h3-12H,1-2H3/t22-/m0/s1. The highest BCUT2D eigenvalue weighted by Crippen LogP contribution is 2.52. The van der Waals surface area contributed by atoms with Gasteiger partial charge in [-0.2, -0.15) is 0 Å². The Kier molecular flexibility index (Phi) is 2.46. The first-order valence-corrected chi connectivity index (χ1v) is 8.17. The quantitative estimate of drug-likeness (QED) is 0.445. The lowest BCUT2D eigenvalue weighted by Crippen LogP contribution is -2.31. The predicted molar refractivity (Wildman–Crippen MR) is 95.3 cm³/mol. The predicted octanol–water partition coefficient (Wildman–Crippen LogP) is 4.69. The molecule has 0 saturated carbocycles. The Hall–Kier alpha value is -2.87. The van der Waals surface area contributed by atoms with Crippen LogP contribution in [-0.4, -0.2) is 5.97 Å². The number of carbonyl (C=O) groups is 1. The van der Waals surface area contributed by atoms with Crippen LogP contribution >= 0.6 is 0 Å². The van der Waals surface area contributed by atoms with Crippen LogP contribution in [0.15, 0.2) is 54.6 Å². The van der Waals surface area contributed by atoms with Crippen LogP contribution in [0.1, 0.15) is 27.8 Å². The summed E-state index contributed by atoms with van der Waals surface area (Å²) in [5.74, 6) is 0.474. The number of esters is 1. The summed E-state index contributed by atoms with van der Waals surface area (Å²) in [4.78, 5) is 13.0. The summed E-state index contributed by atoms with van der Waals surface area (Å²) < 4.78 is 5.69. The monoisotopic (exact) mass is 312 g/mol. The van der Waals surface area contributed by atoms with Crippen molar-refractivity contribution in [1.29, 1.82) is 0 Å². The van der Waals surface area contributed by atoms with Crippen LogP contribution < -0.4 is 4.74 Å². The Balaban J connectivity index is 1.92. The van der Waals surface area contributed by atoms with E-state index in [2.05, 4.69) is 44.2 Å². The fourth-order valence-electron chi connectivity index (χ4n) is 4.14. The molecule has 116 valence electrons. The molecule has 0 fully saturated rings. The number of fused-ring (bicyclic) bond motifs is 6. The van der Waals surface area contributed by atoms with Crippen molar-refractivity contribution in [3.63, 3.8) is 0 Å². The number of benzene rings is 3. The maximum absolute atomic E-state index is 13.0. The molecular weight excluding hydrogens is 296 g/mol. The van der Waals surface area contributed by atoms with E-state index in [4.69, 9.17) is 4.74 Å². The minimum absolute atomic E-state index is 0.203. The van der Waals surface area contributed by atoms with Gasteiger partial charge in [0.05, 0.1) is 0 Å². The van der Waals surface area contributed by atoms with Gasteiger partial charge in [-0.3, -0.25) is 0 Å². The average molecular weight is 312 g/mol. The Bertz CT molecular complexity index is 1070. The lowest BCUT2D eigenvalue weighted by molar-refractivity contribution is -0.135. The third-order valence-electron chi connectivity index (χ3n) is 5.31. The highest BCUT2D eigenvalue weighted by Gasteiger charge is 2.52. The topological polar surface area (TPSA) is 26.3 Å². The van der Waals surface area contributed by atoms with Crippen molar-refractivity contribution in [2.45, 2.75) is 19.3 Å². The molecule has 0 saturated heterocycles. The fraction of sp³-hybridized carbons (Fsp3) is 0.136. The summed E-state index contributed by atoms with van der Waals surface area (Å²) in [6.45, 7) is 4.16. The molecule has 0 bridgehead atoms. The zero-order valence-electron chi connectivity index (χ0n) is 13.6. The second-order valence-corrected chi connectivity index (χ2v) is 6.73. The summed E-state index contributed by atoms with van der Waals surface area (Å²) in [7, 11) is 0. The lowest BCUT2D eigenvalue weighted by Gasteiger charge is -2.22. The molecule has 1 aliphatic heterocycles. The van der Waals surface area contributed by atoms with Gasteiger partial charge in [0.2, 0.25) is 0 Å². The number of carbonyl (C=O) groups excluding carboxylic acids is 1. The van der Waals surface area contributed by atoms with Crippen LogP contribution in [0, 0.1) is 13.8 Å². The second-order valence-electron chi connectivity index (χ2n) is 6.73. The second kappa shape index (κ2) is 4.35. The molecule has 3 aromatic rings. The van der Waals surface area contributed by atoms with E-state index < -0.39 is 5.41 Å². The number of ether oxygens (including phenoxy) is 1. The van der Waals surface area contributed by atoms with Gasteiger partial charge >= 0.3 is 5.97 Å². The van der Waals surface area contributed by atoms with Crippen molar-refractivity contribution in [3.8, 4) is 5.75 Å². The van der Waals surface area contributed by atoms with Crippen molar-refractivity contribution in [2.24, 2.45) is 0 Å². The van der Waals surface area contributed by atoms with E-state index in [1.165, 1.54) is 11.1 Å². The van der Waals surface area contributed by atoms with E-state index >= 15 is 0 Å². The zero-order valence-corrected chi connectivity index (χ0v) is 13.6. The summed E-state index contributed by atoms with van der Waals surface area (Å²) in [6.07, 6.45) is 4.08. The summed E-state index contributed by atoms with van der Waals surface area (Å²) in [5, 5.41) is 2.23. The third-order valence-corrected chi connectivity index (χ3v) is 5.31. The Morgan fingerprint density at radius 3 is 2.75 bits per heavy atom. The van der Waals surface area contributed by atoms with Crippen LogP contribution in [0.5, 0.6) is 5.75 Å². The SMILES string of the molecule is Cc1ccc2c3c(ccc2c1)OC(=O)[C@]31C=Cc2c(C)cccc21. The number of hydrogen-bond donors (Lipinski definition) is 0. The third kappa shape index (κ3) is 1.48. The van der Waals surface area contributed by atoms with Crippen LogP contribution in [0.2, 0.25) is 0 Å². The molecule has 2 nitrogen and oxygen atoms in total. The first-order valence-electron chi connectivity index (χ1n) is 8.17. The molecular formula is C22H16O2. The molecule has 3 aromatic carbocycles. The Morgan fingerprint density at radius 2 is 1.88 bits per heavy atom. The van der Waals surface area contributed by atoms with Crippen molar-refractivity contribution in [3.05, 3.63) is 82.4 Å². The minimum atomic E-state index is -0.814.